The van der Waals surface area contributed by atoms with Gasteiger partial charge in [-0.05, 0) is 24.5 Å². The van der Waals surface area contributed by atoms with Gasteiger partial charge in [0.05, 0.1) is 18.1 Å². The van der Waals surface area contributed by atoms with Crippen LogP contribution in [0.15, 0.2) is 18.2 Å². The standard InChI is InChI=1S/C13H14F2O3/c1-12(14,15)10-8(4-3-5-9(10)18-2)13(6-7-13)11(16)17/h3-5H,6-7H2,1-2H3,(H,16,17). The minimum absolute atomic E-state index is 0.0347. The Bertz CT molecular complexity index is 487. The molecule has 0 heterocycles. The molecule has 0 atom stereocenters. The Kier molecular flexibility index (Phi) is 2.80. The number of carboxylic acid groups (broad SMARTS) is 1. The first-order chi connectivity index (χ1) is 8.33. The van der Waals surface area contributed by atoms with E-state index in [4.69, 9.17) is 4.74 Å². The molecule has 1 saturated carbocycles. The maximum atomic E-state index is 13.7. The number of hydrogen-bond acceptors (Lipinski definition) is 2. The third kappa shape index (κ3) is 1.83. The number of aliphatic carboxylic acids is 1. The summed E-state index contributed by atoms with van der Waals surface area (Å²) in [6.45, 7) is 0.756. The van der Waals surface area contributed by atoms with Gasteiger partial charge in [0.25, 0.3) is 5.92 Å². The minimum atomic E-state index is -3.13. The zero-order valence-corrected chi connectivity index (χ0v) is 10.2. The number of hydrogen-bond donors (Lipinski definition) is 1. The molecule has 1 aromatic carbocycles. The first-order valence-corrected chi connectivity index (χ1v) is 5.62. The van der Waals surface area contributed by atoms with Crippen LogP contribution < -0.4 is 4.74 Å². The highest BCUT2D eigenvalue weighted by Crippen LogP contribution is 2.53. The zero-order chi connectivity index (χ0) is 13.6. The number of alkyl halides is 2. The molecule has 0 radical (unpaired) electrons. The van der Waals surface area contributed by atoms with Crippen molar-refractivity contribution >= 4 is 5.97 Å². The Hall–Kier alpha value is -1.65. The molecule has 0 aromatic heterocycles. The lowest BCUT2D eigenvalue weighted by Gasteiger charge is -2.22. The summed E-state index contributed by atoms with van der Waals surface area (Å²) in [7, 11) is 1.30. The largest absolute Gasteiger partial charge is 0.496 e. The topological polar surface area (TPSA) is 46.5 Å². The third-order valence-electron chi connectivity index (χ3n) is 3.36. The van der Waals surface area contributed by atoms with Gasteiger partial charge < -0.3 is 9.84 Å². The van der Waals surface area contributed by atoms with Crippen LogP contribution in [0.2, 0.25) is 0 Å². The van der Waals surface area contributed by atoms with Crippen molar-refractivity contribution < 1.29 is 23.4 Å². The second-order valence-electron chi connectivity index (χ2n) is 4.66. The van der Waals surface area contributed by atoms with Gasteiger partial charge in [-0.1, -0.05) is 12.1 Å². The fraction of sp³-hybridized carbons (Fsp3) is 0.462. The van der Waals surface area contributed by atoms with Crippen molar-refractivity contribution in [3.8, 4) is 5.75 Å². The van der Waals surface area contributed by atoms with E-state index in [1.807, 2.05) is 0 Å². The quantitative estimate of drug-likeness (QED) is 0.901. The first kappa shape index (κ1) is 12.8. The number of halogens is 2. The van der Waals surface area contributed by atoms with Crippen molar-refractivity contribution in [2.75, 3.05) is 7.11 Å². The summed E-state index contributed by atoms with van der Waals surface area (Å²) >= 11 is 0. The van der Waals surface area contributed by atoms with E-state index < -0.39 is 17.3 Å². The summed E-state index contributed by atoms with van der Waals surface area (Å²) in [5.41, 5.74) is -1.31. The molecule has 0 aliphatic heterocycles. The van der Waals surface area contributed by atoms with Gasteiger partial charge >= 0.3 is 5.97 Å². The summed E-state index contributed by atoms with van der Waals surface area (Å²) in [5, 5.41) is 9.23. The number of ether oxygens (including phenoxy) is 1. The van der Waals surface area contributed by atoms with Crippen LogP contribution in [-0.4, -0.2) is 18.2 Å². The molecule has 0 bridgehead atoms. The Morgan fingerprint density at radius 2 is 2.06 bits per heavy atom. The molecule has 1 aliphatic rings. The molecular weight excluding hydrogens is 242 g/mol. The van der Waals surface area contributed by atoms with E-state index in [-0.39, 0.29) is 16.9 Å². The van der Waals surface area contributed by atoms with E-state index in [1.165, 1.54) is 19.2 Å². The predicted molar refractivity (Wildman–Crippen MR) is 61.1 cm³/mol. The number of methoxy groups -OCH3 is 1. The van der Waals surface area contributed by atoms with Crippen molar-refractivity contribution in [2.45, 2.75) is 31.1 Å². The minimum Gasteiger partial charge on any atom is -0.496 e. The molecule has 1 fully saturated rings. The van der Waals surface area contributed by atoms with Crippen LogP contribution >= 0.6 is 0 Å². The predicted octanol–water partition coefficient (Wildman–Crippen LogP) is 2.92. The lowest BCUT2D eigenvalue weighted by atomic mass is 9.88. The average Bonchev–Trinajstić information content (AvgIpc) is 3.07. The monoisotopic (exact) mass is 256 g/mol. The maximum absolute atomic E-state index is 13.7. The molecule has 1 N–H and O–H groups in total. The third-order valence-corrected chi connectivity index (χ3v) is 3.36. The van der Waals surface area contributed by atoms with Gasteiger partial charge in [0.15, 0.2) is 0 Å². The Morgan fingerprint density at radius 3 is 2.44 bits per heavy atom. The highest BCUT2D eigenvalue weighted by molar-refractivity contribution is 5.86. The van der Waals surface area contributed by atoms with E-state index >= 15 is 0 Å². The summed E-state index contributed by atoms with van der Waals surface area (Å²) in [5.74, 6) is -4.15. The van der Waals surface area contributed by atoms with E-state index in [9.17, 15) is 18.7 Å². The number of carboxylic acids is 1. The van der Waals surface area contributed by atoms with Crippen LogP contribution in [-0.2, 0) is 16.1 Å². The van der Waals surface area contributed by atoms with Crippen LogP contribution in [0.3, 0.4) is 0 Å². The van der Waals surface area contributed by atoms with Crippen molar-refractivity contribution in [1.82, 2.24) is 0 Å². The second kappa shape index (κ2) is 3.93. The summed E-state index contributed by atoms with van der Waals surface area (Å²) in [6, 6.07) is 4.43. The van der Waals surface area contributed by atoms with E-state index in [0.29, 0.717) is 12.8 Å². The molecule has 0 spiro atoms. The first-order valence-electron chi connectivity index (χ1n) is 5.62. The van der Waals surface area contributed by atoms with Crippen molar-refractivity contribution in [2.24, 2.45) is 0 Å². The van der Waals surface area contributed by atoms with Gasteiger partial charge in [0.1, 0.15) is 5.75 Å². The summed E-state index contributed by atoms with van der Waals surface area (Å²) in [6.07, 6.45) is 0.775. The molecule has 5 heteroatoms. The highest BCUT2D eigenvalue weighted by atomic mass is 19.3. The van der Waals surface area contributed by atoms with Crippen molar-refractivity contribution in [3.63, 3.8) is 0 Å². The van der Waals surface area contributed by atoms with Crippen LogP contribution in [0, 0.1) is 0 Å². The van der Waals surface area contributed by atoms with Crippen molar-refractivity contribution in [3.05, 3.63) is 29.3 Å². The molecule has 0 unspecified atom stereocenters. The van der Waals surface area contributed by atoms with Gasteiger partial charge in [0.2, 0.25) is 0 Å². The number of carbonyl (C=O) groups is 1. The fourth-order valence-electron chi connectivity index (χ4n) is 2.28. The van der Waals surface area contributed by atoms with Crippen LogP contribution in [0.4, 0.5) is 8.78 Å². The maximum Gasteiger partial charge on any atom is 0.314 e. The highest BCUT2D eigenvalue weighted by Gasteiger charge is 2.55. The number of rotatable bonds is 4. The Labute approximate surface area is 103 Å². The zero-order valence-electron chi connectivity index (χ0n) is 10.2. The van der Waals surface area contributed by atoms with Gasteiger partial charge in [0, 0.05) is 6.92 Å². The smallest absolute Gasteiger partial charge is 0.314 e. The molecule has 98 valence electrons. The average molecular weight is 256 g/mol. The lowest BCUT2D eigenvalue weighted by Crippen LogP contribution is -2.25. The van der Waals surface area contributed by atoms with Gasteiger partial charge in [-0.25, -0.2) is 8.78 Å². The molecule has 1 aliphatic carbocycles. The molecule has 0 amide bonds. The summed E-state index contributed by atoms with van der Waals surface area (Å²) < 4.78 is 32.4. The van der Waals surface area contributed by atoms with Crippen LogP contribution in [0.1, 0.15) is 30.9 Å². The van der Waals surface area contributed by atoms with Crippen molar-refractivity contribution in [1.29, 1.82) is 0 Å². The molecular formula is C13H14F2O3. The second-order valence-corrected chi connectivity index (χ2v) is 4.66. The van der Waals surface area contributed by atoms with Crippen LogP contribution in [0.5, 0.6) is 5.75 Å². The van der Waals surface area contributed by atoms with Gasteiger partial charge in [-0.15, -0.1) is 0 Å². The van der Waals surface area contributed by atoms with E-state index in [0.717, 1.165) is 6.92 Å². The summed E-state index contributed by atoms with van der Waals surface area (Å²) in [4.78, 5) is 11.3. The lowest BCUT2D eigenvalue weighted by molar-refractivity contribution is -0.140. The SMILES string of the molecule is COc1cccc(C2(C(=O)O)CC2)c1C(C)(F)F. The van der Waals surface area contributed by atoms with E-state index in [2.05, 4.69) is 0 Å². The molecule has 0 saturated heterocycles. The van der Waals surface area contributed by atoms with Crippen LogP contribution in [0.25, 0.3) is 0 Å². The molecule has 3 nitrogen and oxygen atoms in total. The van der Waals surface area contributed by atoms with Gasteiger partial charge in [-0.3, -0.25) is 4.79 Å². The molecule has 2 rings (SSSR count). The van der Waals surface area contributed by atoms with E-state index in [1.54, 1.807) is 6.07 Å². The number of benzene rings is 1. The Balaban J connectivity index is 2.65. The Morgan fingerprint density at radius 1 is 1.44 bits per heavy atom. The van der Waals surface area contributed by atoms with Gasteiger partial charge in [-0.2, -0.15) is 0 Å². The normalized spacial score (nSPS) is 17.3. The molecule has 1 aromatic rings. The fourth-order valence-corrected chi connectivity index (χ4v) is 2.28. The molecule has 18 heavy (non-hydrogen) atoms.